The molecular formula is C17H26FN3. The second-order valence-corrected chi connectivity index (χ2v) is 6.28. The maximum atomic E-state index is 13.5. The van der Waals surface area contributed by atoms with Gasteiger partial charge in [-0.2, -0.15) is 0 Å². The van der Waals surface area contributed by atoms with Crippen LogP contribution in [0, 0.1) is 11.7 Å². The molecule has 1 heterocycles. The predicted octanol–water partition coefficient (Wildman–Crippen LogP) is 2.47. The van der Waals surface area contributed by atoms with Crippen LogP contribution in [-0.4, -0.2) is 44.2 Å². The van der Waals surface area contributed by atoms with Crippen LogP contribution in [0.4, 0.5) is 10.1 Å². The summed E-state index contributed by atoms with van der Waals surface area (Å²) < 4.78 is 13.5. The summed E-state index contributed by atoms with van der Waals surface area (Å²) in [4.78, 5) is 5.00. The molecule has 0 radical (unpaired) electrons. The zero-order valence-electron chi connectivity index (χ0n) is 12.9. The Balaban J connectivity index is 1.63. The third kappa shape index (κ3) is 3.95. The molecule has 1 saturated heterocycles. The van der Waals surface area contributed by atoms with E-state index in [0.717, 1.165) is 50.7 Å². The molecule has 1 aromatic rings. The molecule has 1 saturated carbocycles. The summed E-state index contributed by atoms with van der Waals surface area (Å²) in [6.07, 6.45) is 2.84. The molecular weight excluding hydrogens is 265 g/mol. The van der Waals surface area contributed by atoms with Gasteiger partial charge in [-0.15, -0.1) is 0 Å². The average molecular weight is 291 g/mol. The quantitative estimate of drug-likeness (QED) is 0.868. The third-order valence-electron chi connectivity index (χ3n) is 4.53. The van der Waals surface area contributed by atoms with Crippen molar-refractivity contribution in [2.24, 2.45) is 5.92 Å². The van der Waals surface area contributed by atoms with Crippen LogP contribution in [-0.2, 0) is 6.54 Å². The lowest BCUT2D eigenvalue weighted by atomic mass is 10.1. The Morgan fingerprint density at radius 1 is 1.19 bits per heavy atom. The number of anilines is 1. The summed E-state index contributed by atoms with van der Waals surface area (Å²) in [5.74, 6) is 0.825. The highest BCUT2D eigenvalue weighted by Crippen LogP contribution is 2.30. The van der Waals surface area contributed by atoms with Crippen LogP contribution in [0.3, 0.4) is 0 Å². The first-order valence-electron chi connectivity index (χ1n) is 8.22. The number of piperazine rings is 1. The van der Waals surface area contributed by atoms with Crippen LogP contribution in [0.2, 0.25) is 0 Å². The molecule has 2 aliphatic rings. The van der Waals surface area contributed by atoms with E-state index in [2.05, 4.69) is 22.0 Å². The first kappa shape index (κ1) is 14.8. The molecule has 4 heteroatoms. The highest BCUT2D eigenvalue weighted by atomic mass is 19.1. The monoisotopic (exact) mass is 291 g/mol. The third-order valence-corrected chi connectivity index (χ3v) is 4.53. The van der Waals surface area contributed by atoms with Crippen molar-refractivity contribution in [3.05, 3.63) is 29.6 Å². The number of hydrogen-bond acceptors (Lipinski definition) is 3. The van der Waals surface area contributed by atoms with E-state index >= 15 is 0 Å². The van der Waals surface area contributed by atoms with Crippen molar-refractivity contribution in [3.63, 3.8) is 0 Å². The fourth-order valence-electron chi connectivity index (χ4n) is 3.10. The molecule has 0 aromatic heterocycles. The molecule has 21 heavy (non-hydrogen) atoms. The lowest BCUT2D eigenvalue weighted by Crippen LogP contribution is -2.47. The van der Waals surface area contributed by atoms with E-state index in [9.17, 15) is 4.39 Å². The Hall–Kier alpha value is -1.13. The van der Waals surface area contributed by atoms with Crippen molar-refractivity contribution in [3.8, 4) is 0 Å². The van der Waals surface area contributed by atoms with Crippen molar-refractivity contribution in [2.45, 2.75) is 26.3 Å². The van der Waals surface area contributed by atoms with Crippen molar-refractivity contribution in [2.75, 3.05) is 44.2 Å². The minimum atomic E-state index is -0.140. The molecule has 116 valence electrons. The van der Waals surface area contributed by atoms with E-state index in [1.807, 2.05) is 6.07 Å². The van der Waals surface area contributed by atoms with Gasteiger partial charge in [-0.3, -0.25) is 4.90 Å². The zero-order valence-corrected chi connectivity index (χ0v) is 12.9. The Kier molecular flexibility index (Phi) is 4.76. The van der Waals surface area contributed by atoms with Gasteiger partial charge in [0.05, 0.1) is 0 Å². The lowest BCUT2D eigenvalue weighted by molar-refractivity contribution is 0.248. The molecule has 1 N–H and O–H groups in total. The number of nitrogens with zero attached hydrogens (tertiary/aromatic N) is 2. The van der Waals surface area contributed by atoms with E-state index in [0.29, 0.717) is 0 Å². The highest BCUT2D eigenvalue weighted by Gasteiger charge is 2.26. The van der Waals surface area contributed by atoms with Crippen molar-refractivity contribution >= 4 is 5.69 Å². The molecule has 2 fully saturated rings. The number of hydrogen-bond donors (Lipinski definition) is 1. The second-order valence-electron chi connectivity index (χ2n) is 6.28. The normalized spacial score (nSPS) is 20.0. The SMILES string of the molecule is CCNCc1cc(F)ccc1N1CCN(CC2CC2)CC1. The van der Waals surface area contributed by atoms with Gasteiger partial charge in [0.1, 0.15) is 5.82 Å². The Morgan fingerprint density at radius 2 is 1.95 bits per heavy atom. The molecule has 3 rings (SSSR count). The van der Waals surface area contributed by atoms with Crippen molar-refractivity contribution in [1.82, 2.24) is 10.2 Å². The Bertz CT molecular complexity index is 465. The van der Waals surface area contributed by atoms with E-state index in [-0.39, 0.29) is 5.82 Å². The summed E-state index contributed by atoms with van der Waals surface area (Å²) in [6.45, 7) is 9.38. The summed E-state index contributed by atoms with van der Waals surface area (Å²) in [6, 6.07) is 5.20. The zero-order chi connectivity index (χ0) is 14.7. The van der Waals surface area contributed by atoms with Gasteiger partial charge in [0, 0.05) is 45.0 Å². The Labute approximate surface area is 127 Å². The fourth-order valence-corrected chi connectivity index (χ4v) is 3.10. The summed E-state index contributed by atoms with van der Waals surface area (Å²) in [5.41, 5.74) is 2.27. The van der Waals surface area contributed by atoms with Crippen LogP contribution >= 0.6 is 0 Å². The minimum absolute atomic E-state index is 0.140. The maximum absolute atomic E-state index is 13.5. The first-order valence-corrected chi connectivity index (χ1v) is 8.22. The summed E-state index contributed by atoms with van der Waals surface area (Å²) in [5, 5.41) is 3.31. The van der Waals surface area contributed by atoms with Crippen LogP contribution < -0.4 is 10.2 Å². The minimum Gasteiger partial charge on any atom is -0.369 e. The maximum Gasteiger partial charge on any atom is 0.123 e. The molecule has 0 bridgehead atoms. The topological polar surface area (TPSA) is 18.5 Å². The number of halogens is 1. The van der Waals surface area contributed by atoms with E-state index < -0.39 is 0 Å². The van der Waals surface area contributed by atoms with Gasteiger partial charge >= 0.3 is 0 Å². The van der Waals surface area contributed by atoms with Crippen LogP contribution in [0.5, 0.6) is 0 Å². The van der Waals surface area contributed by atoms with Gasteiger partial charge in [0.2, 0.25) is 0 Å². The smallest absolute Gasteiger partial charge is 0.123 e. The van der Waals surface area contributed by atoms with E-state index in [4.69, 9.17) is 0 Å². The fraction of sp³-hybridized carbons (Fsp3) is 0.647. The van der Waals surface area contributed by atoms with Gasteiger partial charge in [0.15, 0.2) is 0 Å². The number of benzene rings is 1. The van der Waals surface area contributed by atoms with Crippen LogP contribution in [0.1, 0.15) is 25.3 Å². The first-order chi connectivity index (χ1) is 10.3. The van der Waals surface area contributed by atoms with Crippen LogP contribution in [0.15, 0.2) is 18.2 Å². The molecule has 0 unspecified atom stereocenters. The lowest BCUT2D eigenvalue weighted by Gasteiger charge is -2.37. The number of nitrogens with one attached hydrogen (secondary N) is 1. The molecule has 0 atom stereocenters. The van der Waals surface area contributed by atoms with Crippen molar-refractivity contribution in [1.29, 1.82) is 0 Å². The second kappa shape index (κ2) is 6.75. The van der Waals surface area contributed by atoms with Crippen molar-refractivity contribution < 1.29 is 4.39 Å². The van der Waals surface area contributed by atoms with Gasteiger partial charge < -0.3 is 10.2 Å². The predicted molar refractivity (Wildman–Crippen MR) is 85.2 cm³/mol. The molecule has 0 spiro atoms. The summed E-state index contributed by atoms with van der Waals surface area (Å²) in [7, 11) is 0. The molecule has 3 nitrogen and oxygen atoms in total. The average Bonchev–Trinajstić information content (AvgIpc) is 3.30. The molecule has 1 aromatic carbocycles. The number of rotatable bonds is 6. The summed E-state index contributed by atoms with van der Waals surface area (Å²) >= 11 is 0. The van der Waals surface area contributed by atoms with E-state index in [1.54, 1.807) is 12.1 Å². The van der Waals surface area contributed by atoms with Gasteiger partial charge in [-0.1, -0.05) is 6.92 Å². The molecule has 1 aliphatic carbocycles. The molecule has 1 aliphatic heterocycles. The molecule has 0 amide bonds. The largest absolute Gasteiger partial charge is 0.369 e. The Morgan fingerprint density at radius 3 is 2.62 bits per heavy atom. The van der Waals surface area contributed by atoms with Gasteiger partial charge in [-0.05, 0) is 49.1 Å². The van der Waals surface area contributed by atoms with Crippen LogP contribution in [0.25, 0.3) is 0 Å². The standard InChI is InChI=1S/C17H26FN3/c1-2-19-12-15-11-16(18)5-6-17(15)21-9-7-20(8-10-21)13-14-3-4-14/h5-6,11,14,19H,2-4,7-10,12-13H2,1H3. The highest BCUT2D eigenvalue weighted by molar-refractivity contribution is 5.54. The van der Waals surface area contributed by atoms with Gasteiger partial charge in [0.25, 0.3) is 0 Å². The van der Waals surface area contributed by atoms with Gasteiger partial charge in [-0.25, -0.2) is 4.39 Å². The van der Waals surface area contributed by atoms with E-state index in [1.165, 1.54) is 25.1 Å².